The van der Waals surface area contributed by atoms with Crippen molar-refractivity contribution in [3.63, 3.8) is 0 Å². The number of esters is 1. The Hall–Kier alpha value is -1.35. The van der Waals surface area contributed by atoms with Crippen LogP contribution in [0.2, 0.25) is 0 Å². The van der Waals surface area contributed by atoms with Gasteiger partial charge in [-0.2, -0.15) is 0 Å². The molecule has 0 amide bonds. The lowest BCUT2D eigenvalue weighted by atomic mass is 9.99. The van der Waals surface area contributed by atoms with E-state index in [2.05, 4.69) is 30.4 Å². The molecule has 1 unspecified atom stereocenters. The van der Waals surface area contributed by atoms with Crippen molar-refractivity contribution >= 4 is 5.97 Å². The molecule has 1 aromatic carbocycles. The van der Waals surface area contributed by atoms with E-state index in [4.69, 9.17) is 4.74 Å². The Labute approximate surface area is 128 Å². The fourth-order valence-electron chi connectivity index (χ4n) is 3.02. The SMILES string of the molecule is CCCNC(CC(=O)OCC)Cc1ccc2c(c1)CCC2. The van der Waals surface area contributed by atoms with Gasteiger partial charge in [-0.15, -0.1) is 0 Å². The predicted octanol–water partition coefficient (Wildman–Crippen LogP) is 3.04. The molecule has 0 saturated heterocycles. The van der Waals surface area contributed by atoms with Crippen LogP contribution in [0.4, 0.5) is 0 Å². The minimum Gasteiger partial charge on any atom is -0.466 e. The summed E-state index contributed by atoms with van der Waals surface area (Å²) in [5, 5.41) is 3.47. The van der Waals surface area contributed by atoms with E-state index in [0.29, 0.717) is 13.0 Å². The predicted molar refractivity (Wildman–Crippen MR) is 85.5 cm³/mol. The van der Waals surface area contributed by atoms with E-state index >= 15 is 0 Å². The molecule has 2 rings (SSSR count). The Bertz CT molecular complexity index is 470. The Morgan fingerprint density at radius 1 is 1.29 bits per heavy atom. The van der Waals surface area contributed by atoms with Crippen molar-refractivity contribution in [3.05, 3.63) is 34.9 Å². The van der Waals surface area contributed by atoms with Crippen molar-refractivity contribution in [2.24, 2.45) is 0 Å². The molecule has 21 heavy (non-hydrogen) atoms. The van der Waals surface area contributed by atoms with Crippen molar-refractivity contribution in [2.75, 3.05) is 13.2 Å². The van der Waals surface area contributed by atoms with Gasteiger partial charge < -0.3 is 10.1 Å². The zero-order valence-corrected chi connectivity index (χ0v) is 13.3. The molecule has 0 radical (unpaired) electrons. The van der Waals surface area contributed by atoms with Gasteiger partial charge in [-0.05, 0) is 62.3 Å². The molecule has 0 heterocycles. The molecule has 0 bridgehead atoms. The minimum absolute atomic E-state index is 0.104. The fourth-order valence-corrected chi connectivity index (χ4v) is 3.02. The second-order valence-electron chi connectivity index (χ2n) is 5.82. The molecule has 1 aliphatic rings. The summed E-state index contributed by atoms with van der Waals surface area (Å²) in [7, 11) is 0. The van der Waals surface area contributed by atoms with Crippen molar-refractivity contribution < 1.29 is 9.53 Å². The van der Waals surface area contributed by atoms with E-state index < -0.39 is 0 Å². The van der Waals surface area contributed by atoms with Gasteiger partial charge in [-0.25, -0.2) is 0 Å². The van der Waals surface area contributed by atoms with Gasteiger partial charge in [0.25, 0.3) is 0 Å². The van der Waals surface area contributed by atoms with E-state index in [9.17, 15) is 4.79 Å². The Kier molecular flexibility index (Phi) is 6.24. The van der Waals surface area contributed by atoms with Crippen LogP contribution in [0.15, 0.2) is 18.2 Å². The highest BCUT2D eigenvalue weighted by atomic mass is 16.5. The van der Waals surface area contributed by atoms with Crippen LogP contribution in [0.25, 0.3) is 0 Å². The van der Waals surface area contributed by atoms with Crippen LogP contribution in [0, 0.1) is 0 Å². The number of ether oxygens (including phenoxy) is 1. The molecule has 0 spiro atoms. The molecular formula is C18H27NO2. The second kappa shape index (κ2) is 8.18. The Morgan fingerprint density at radius 3 is 2.86 bits per heavy atom. The molecule has 1 aromatic rings. The molecule has 1 atom stereocenters. The Morgan fingerprint density at radius 2 is 2.10 bits per heavy atom. The average Bonchev–Trinajstić information content (AvgIpc) is 2.92. The van der Waals surface area contributed by atoms with Crippen molar-refractivity contribution in [1.29, 1.82) is 0 Å². The summed E-state index contributed by atoms with van der Waals surface area (Å²) >= 11 is 0. The molecular weight excluding hydrogens is 262 g/mol. The number of fused-ring (bicyclic) bond motifs is 1. The quantitative estimate of drug-likeness (QED) is 0.748. The van der Waals surface area contributed by atoms with Gasteiger partial charge >= 0.3 is 5.97 Å². The fraction of sp³-hybridized carbons (Fsp3) is 0.611. The first-order chi connectivity index (χ1) is 10.2. The van der Waals surface area contributed by atoms with Gasteiger partial charge in [-0.3, -0.25) is 4.79 Å². The third-order valence-electron chi connectivity index (χ3n) is 4.05. The van der Waals surface area contributed by atoms with E-state index in [0.717, 1.165) is 19.4 Å². The van der Waals surface area contributed by atoms with E-state index in [1.54, 1.807) is 0 Å². The largest absolute Gasteiger partial charge is 0.466 e. The standard InChI is InChI=1S/C18H27NO2/c1-3-10-19-17(13-18(20)21-4-2)12-14-8-9-15-6-5-7-16(15)11-14/h8-9,11,17,19H,3-7,10,12-13H2,1-2H3. The van der Waals surface area contributed by atoms with E-state index in [1.807, 2.05) is 6.92 Å². The highest BCUT2D eigenvalue weighted by Gasteiger charge is 2.16. The molecule has 0 aliphatic heterocycles. The number of hydrogen-bond donors (Lipinski definition) is 1. The van der Waals surface area contributed by atoms with Crippen LogP contribution in [-0.2, 0) is 28.8 Å². The second-order valence-corrected chi connectivity index (χ2v) is 5.82. The number of hydrogen-bond acceptors (Lipinski definition) is 3. The first-order valence-corrected chi connectivity index (χ1v) is 8.22. The summed E-state index contributed by atoms with van der Waals surface area (Å²) in [6.07, 6.45) is 6.11. The highest BCUT2D eigenvalue weighted by molar-refractivity contribution is 5.70. The third kappa shape index (κ3) is 4.85. The van der Waals surface area contributed by atoms with Crippen LogP contribution >= 0.6 is 0 Å². The first kappa shape index (κ1) is 16.0. The van der Waals surface area contributed by atoms with Gasteiger partial charge in [0.2, 0.25) is 0 Å². The molecule has 0 fully saturated rings. The molecule has 1 N–H and O–H groups in total. The van der Waals surface area contributed by atoms with Crippen LogP contribution in [0.3, 0.4) is 0 Å². The highest BCUT2D eigenvalue weighted by Crippen LogP contribution is 2.23. The van der Waals surface area contributed by atoms with Gasteiger partial charge in [-0.1, -0.05) is 25.1 Å². The normalized spacial score (nSPS) is 14.8. The monoisotopic (exact) mass is 289 g/mol. The molecule has 116 valence electrons. The molecule has 3 heteroatoms. The number of carbonyl (C=O) groups excluding carboxylic acids is 1. The lowest BCUT2D eigenvalue weighted by Crippen LogP contribution is -2.34. The summed E-state index contributed by atoms with van der Waals surface area (Å²) in [5.41, 5.74) is 4.33. The topological polar surface area (TPSA) is 38.3 Å². The molecule has 0 saturated carbocycles. The van der Waals surface area contributed by atoms with Crippen molar-refractivity contribution in [3.8, 4) is 0 Å². The first-order valence-electron chi connectivity index (χ1n) is 8.22. The van der Waals surface area contributed by atoms with Gasteiger partial charge in [0.1, 0.15) is 0 Å². The smallest absolute Gasteiger partial charge is 0.307 e. The van der Waals surface area contributed by atoms with Crippen LogP contribution in [0.1, 0.15) is 49.8 Å². The number of carbonyl (C=O) groups is 1. The summed E-state index contributed by atoms with van der Waals surface area (Å²) in [4.78, 5) is 11.7. The molecule has 0 aromatic heterocycles. The van der Waals surface area contributed by atoms with Gasteiger partial charge in [0.15, 0.2) is 0 Å². The lowest BCUT2D eigenvalue weighted by molar-refractivity contribution is -0.143. The summed E-state index contributed by atoms with van der Waals surface area (Å²) in [6, 6.07) is 6.98. The maximum Gasteiger partial charge on any atom is 0.307 e. The minimum atomic E-state index is -0.104. The number of aryl methyl sites for hydroxylation is 2. The third-order valence-corrected chi connectivity index (χ3v) is 4.05. The van der Waals surface area contributed by atoms with E-state index in [-0.39, 0.29) is 12.0 Å². The van der Waals surface area contributed by atoms with Gasteiger partial charge in [0, 0.05) is 6.04 Å². The Balaban J connectivity index is 1.98. The number of rotatable bonds is 8. The zero-order valence-electron chi connectivity index (χ0n) is 13.3. The maximum absolute atomic E-state index is 11.7. The number of nitrogens with one attached hydrogen (secondary N) is 1. The van der Waals surface area contributed by atoms with Gasteiger partial charge in [0.05, 0.1) is 13.0 Å². The van der Waals surface area contributed by atoms with Crippen LogP contribution < -0.4 is 5.32 Å². The summed E-state index contributed by atoms with van der Waals surface area (Å²) in [6.45, 7) is 5.39. The summed E-state index contributed by atoms with van der Waals surface area (Å²) < 4.78 is 5.09. The molecule has 3 nitrogen and oxygen atoms in total. The van der Waals surface area contributed by atoms with Crippen molar-refractivity contribution in [2.45, 2.75) is 58.4 Å². The number of benzene rings is 1. The lowest BCUT2D eigenvalue weighted by Gasteiger charge is -2.18. The van der Waals surface area contributed by atoms with Crippen molar-refractivity contribution in [1.82, 2.24) is 5.32 Å². The van der Waals surface area contributed by atoms with Crippen LogP contribution in [-0.4, -0.2) is 25.2 Å². The zero-order chi connectivity index (χ0) is 15.1. The van der Waals surface area contributed by atoms with Crippen LogP contribution in [0.5, 0.6) is 0 Å². The maximum atomic E-state index is 11.7. The molecule has 1 aliphatic carbocycles. The summed E-state index contributed by atoms with van der Waals surface area (Å²) in [5.74, 6) is -0.104. The van der Waals surface area contributed by atoms with E-state index in [1.165, 1.54) is 36.0 Å². The average molecular weight is 289 g/mol.